The van der Waals surface area contributed by atoms with Gasteiger partial charge in [-0.25, -0.2) is 4.79 Å². The first-order valence-electron chi connectivity index (χ1n) is 4.86. The minimum absolute atomic E-state index is 0.0615. The third kappa shape index (κ3) is 2.04. The molecule has 0 aliphatic heterocycles. The van der Waals surface area contributed by atoms with Crippen molar-refractivity contribution in [3.8, 4) is 17.2 Å². The minimum Gasteiger partial charge on any atom is -0.477 e. The molecule has 0 saturated heterocycles. The fourth-order valence-electron chi connectivity index (χ4n) is 1.60. The van der Waals surface area contributed by atoms with Gasteiger partial charge in [0.1, 0.15) is 15.9 Å². The average Bonchev–Trinajstić information content (AvgIpc) is 2.67. The van der Waals surface area contributed by atoms with E-state index in [-0.39, 0.29) is 15.4 Å². The zero-order valence-corrected chi connectivity index (χ0v) is 10.5. The number of thiophene rings is 1. The largest absolute Gasteiger partial charge is 0.477 e. The van der Waals surface area contributed by atoms with Gasteiger partial charge in [-0.1, -0.05) is 23.7 Å². The van der Waals surface area contributed by atoms with Gasteiger partial charge in [-0.3, -0.25) is 0 Å². The second-order valence-electron chi connectivity index (χ2n) is 3.47. The van der Waals surface area contributed by atoms with E-state index >= 15 is 0 Å². The summed E-state index contributed by atoms with van der Waals surface area (Å²) in [5.74, 6) is -1.10. The predicted octanol–water partition coefficient (Wildman–Crippen LogP) is 3.22. The molecule has 0 unspecified atom stereocenters. The van der Waals surface area contributed by atoms with Gasteiger partial charge in [0.05, 0.1) is 5.56 Å². The number of nitriles is 1. The highest BCUT2D eigenvalue weighted by atomic mass is 35.5. The van der Waals surface area contributed by atoms with E-state index in [0.29, 0.717) is 16.1 Å². The normalized spacial score (nSPS) is 10.0. The van der Waals surface area contributed by atoms with E-state index in [1.54, 1.807) is 24.3 Å². The van der Waals surface area contributed by atoms with Gasteiger partial charge in [0.2, 0.25) is 0 Å². The van der Waals surface area contributed by atoms with Crippen LogP contribution in [0.4, 0.5) is 5.00 Å². The molecule has 0 aliphatic rings. The SMILES string of the molecule is N#Cc1c(N)sc(C(=O)O)c1-c1ccc(Cl)cc1. The first kappa shape index (κ1) is 12.4. The Morgan fingerprint density at radius 1 is 1.39 bits per heavy atom. The van der Waals surface area contributed by atoms with Gasteiger partial charge in [0, 0.05) is 10.6 Å². The number of carboxylic acid groups (broad SMARTS) is 1. The van der Waals surface area contributed by atoms with Crippen LogP contribution in [0.5, 0.6) is 0 Å². The summed E-state index contributed by atoms with van der Waals surface area (Å²) < 4.78 is 0. The van der Waals surface area contributed by atoms with Gasteiger partial charge in [-0.2, -0.15) is 5.26 Å². The van der Waals surface area contributed by atoms with Crippen LogP contribution in [-0.2, 0) is 0 Å². The van der Waals surface area contributed by atoms with Crippen molar-refractivity contribution >= 4 is 33.9 Å². The number of rotatable bonds is 2. The van der Waals surface area contributed by atoms with Gasteiger partial charge in [-0.15, -0.1) is 11.3 Å². The molecule has 0 bridgehead atoms. The van der Waals surface area contributed by atoms with E-state index in [0.717, 1.165) is 11.3 Å². The molecule has 90 valence electrons. The van der Waals surface area contributed by atoms with Crippen molar-refractivity contribution in [2.24, 2.45) is 0 Å². The fraction of sp³-hybridized carbons (Fsp3) is 0. The number of carbonyl (C=O) groups is 1. The highest BCUT2D eigenvalue weighted by Gasteiger charge is 2.22. The first-order chi connectivity index (χ1) is 8.54. The summed E-state index contributed by atoms with van der Waals surface area (Å²) in [7, 11) is 0. The van der Waals surface area contributed by atoms with Crippen molar-refractivity contribution < 1.29 is 9.90 Å². The maximum atomic E-state index is 11.2. The summed E-state index contributed by atoms with van der Waals surface area (Å²) in [6.07, 6.45) is 0. The Morgan fingerprint density at radius 3 is 2.50 bits per heavy atom. The first-order valence-corrected chi connectivity index (χ1v) is 6.05. The van der Waals surface area contributed by atoms with Gasteiger partial charge < -0.3 is 10.8 Å². The summed E-state index contributed by atoms with van der Waals surface area (Å²) in [6.45, 7) is 0. The molecule has 18 heavy (non-hydrogen) atoms. The van der Waals surface area contributed by atoms with Crippen LogP contribution < -0.4 is 5.73 Å². The van der Waals surface area contributed by atoms with Crippen molar-refractivity contribution in [2.75, 3.05) is 5.73 Å². The smallest absolute Gasteiger partial charge is 0.346 e. The van der Waals surface area contributed by atoms with Crippen LogP contribution >= 0.6 is 22.9 Å². The number of aromatic carboxylic acids is 1. The molecule has 0 aliphatic carbocycles. The maximum Gasteiger partial charge on any atom is 0.346 e. The maximum absolute atomic E-state index is 11.2. The molecule has 0 fully saturated rings. The Balaban J connectivity index is 2.72. The van der Waals surface area contributed by atoms with Crippen molar-refractivity contribution in [1.82, 2.24) is 0 Å². The van der Waals surface area contributed by atoms with Crippen LogP contribution in [0.15, 0.2) is 24.3 Å². The molecular formula is C12H7ClN2O2S. The summed E-state index contributed by atoms with van der Waals surface area (Å²) in [5, 5.41) is 18.9. The van der Waals surface area contributed by atoms with E-state index in [1.165, 1.54) is 0 Å². The molecule has 2 aromatic rings. The van der Waals surface area contributed by atoms with E-state index in [9.17, 15) is 4.79 Å². The van der Waals surface area contributed by atoms with Crippen molar-refractivity contribution in [2.45, 2.75) is 0 Å². The molecule has 1 aromatic carbocycles. The molecule has 0 radical (unpaired) electrons. The number of carboxylic acids is 1. The third-order valence-electron chi connectivity index (χ3n) is 2.37. The molecular weight excluding hydrogens is 272 g/mol. The Bertz CT molecular complexity index is 656. The second-order valence-corrected chi connectivity index (χ2v) is 4.96. The number of nitrogens with two attached hydrogens (primary N) is 1. The number of nitrogens with zero attached hydrogens (tertiary/aromatic N) is 1. The zero-order valence-electron chi connectivity index (χ0n) is 8.98. The Morgan fingerprint density at radius 2 is 2.00 bits per heavy atom. The lowest BCUT2D eigenvalue weighted by Gasteiger charge is -2.02. The third-order valence-corrected chi connectivity index (χ3v) is 3.63. The summed E-state index contributed by atoms with van der Waals surface area (Å²) >= 11 is 6.67. The number of benzene rings is 1. The van der Waals surface area contributed by atoms with E-state index in [4.69, 9.17) is 27.7 Å². The summed E-state index contributed by atoms with van der Waals surface area (Å²) in [4.78, 5) is 11.2. The molecule has 4 nitrogen and oxygen atoms in total. The highest BCUT2D eigenvalue weighted by molar-refractivity contribution is 7.18. The van der Waals surface area contributed by atoms with Crippen LogP contribution in [0, 0.1) is 11.3 Å². The average molecular weight is 279 g/mol. The number of nitrogen functional groups attached to an aromatic ring is 1. The lowest BCUT2D eigenvalue weighted by Crippen LogP contribution is -1.95. The van der Waals surface area contributed by atoms with E-state index in [1.807, 2.05) is 6.07 Å². The molecule has 0 amide bonds. The topological polar surface area (TPSA) is 87.1 Å². The van der Waals surface area contributed by atoms with Crippen LogP contribution in [0.25, 0.3) is 11.1 Å². The second kappa shape index (κ2) is 4.69. The summed E-state index contributed by atoms with van der Waals surface area (Å²) in [5.41, 5.74) is 6.82. The molecule has 0 spiro atoms. The number of halogens is 1. The van der Waals surface area contributed by atoms with Crippen LogP contribution in [0.2, 0.25) is 5.02 Å². The minimum atomic E-state index is -1.10. The predicted molar refractivity (Wildman–Crippen MR) is 70.9 cm³/mol. The standard InChI is InChI=1S/C12H7ClN2O2S/c13-7-3-1-6(2-4-7)9-8(5-14)11(15)18-10(9)12(16)17/h1-4H,15H2,(H,16,17). The lowest BCUT2D eigenvalue weighted by molar-refractivity contribution is 0.0703. The quantitative estimate of drug-likeness (QED) is 0.883. The van der Waals surface area contributed by atoms with Gasteiger partial charge in [0.25, 0.3) is 0 Å². The molecule has 2 rings (SSSR count). The van der Waals surface area contributed by atoms with Gasteiger partial charge in [-0.05, 0) is 17.7 Å². The molecule has 6 heteroatoms. The van der Waals surface area contributed by atoms with Gasteiger partial charge >= 0.3 is 5.97 Å². The van der Waals surface area contributed by atoms with Crippen LogP contribution in [-0.4, -0.2) is 11.1 Å². The van der Waals surface area contributed by atoms with Crippen molar-refractivity contribution in [3.63, 3.8) is 0 Å². The Labute approximate surface area is 112 Å². The van der Waals surface area contributed by atoms with Crippen LogP contribution in [0.1, 0.15) is 15.2 Å². The number of hydrogen-bond acceptors (Lipinski definition) is 4. The fourth-order valence-corrected chi connectivity index (χ4v) is 2.61. The monoisotopic (exact) mass is 278 g/mol. The van der Waals surface area contributed by atoms with Crippen LogP contribution in [0.3, 0.4) is 0 Å². The molecule has 1 heterocycles. The molecule has 3 N–H and O–H groups in total. The molecule has 0 saturated carbocycles. The Kier molecular flexibility index (Phi) is 3.24. The van der Waals surface area contributed by atoms with E-state index < -0.39 is 5.97 Å². The van der Waals surface area contributed by atoms with Crippen molar-refractivity contribution in [1.29, 1.82) is 5.26 Å². The number of hydrogen-bond donors (Lipinski definition) is 2. The summed E-state index contributed by atoms with van der Waals surface area (Å²) in [6, 6.07) is 8.54. The molecule has 1 aromatic heterocycles. The zero-order chi connectivity index (χ0) is 13.3. The number of anilines is 1. The van der Waals surface area contributed by atoms with E-state index in [2.05, 4.69) is 0 Å². The Hall–Kier alpha value is -2.03. The van der Waals surface area contributed by atoms with Gasteiger partial charge in [0.15, 0.2) is 0 Å². The van der Waals surface area contributed by atoms with Crippen molar-refractivity contribution in [3.05, 3.63) is 39.7 Å². The molecule has 0 atom stereocenters. The lowest BCUT2D eigenvalue weighted by atomic mass is 10.0. The highest BCUT2D eigenvalue weighted by Crippen LogP contribution is 2.38.